The lowest BCUT2D eigenvalue weighted by atomic mass is 9.96. The Labute approximate surface area is 142 Å². The van der Waals surface area contributed by atoms with E-state index >= 15 is 0 Å². The summed E-state index contributed by atoms with van der Waals surface area (Å²) in [6, 6.07) is 28.6. The molecular weight excluding hydrogens is 344 g/mol. The Hall–Kier alpha value is -2.38. The molecule has 1 heteroatoms. The summed E-state index contributed by atoms with van der Waals surface area (Å²) in [4.78, 5) is 0. The van der Waals surface area contributed by atoms with Crippen molar-refractivity contribution < 1.29 is 0 Å². The molecule has 5 aromatic rings. The van der Waals surface area contributed by atoms with Gasteiger partial charge in [0.25, 0.3) is 0 Å². The summed E-state index contributed by atoms with van der Waals surface area (Å²) in [7, 11) is 0. The third-order valence-electron chi connectivity index (χ3n) is 4.65. The molecule has 0 spiro atoms. The predicted octanol–water partition coefficient (Wildman–Crippen LogP) is 7.06. The number of hydrogen-bond acceptors (Lipinski definition) is 0. The average molecular weight is 357 g/mol. The molecule has 0 N–H and O–H groups in total. The van der Waals surface area contributed by atoms with Crippen LogP contribution in [-0.4, -0.2) is 0 Å². The Balaban J connectivity index is 2.01. The zero-order chi connectivity index (χ0) is 15.4. The standard InChI is InChI=1S/C22H13Br/c23-22-7-3-6-16-11-18-9-8-17-10-14-4-1-2-5-15(14)12-19(17)20(18)13-21(16)22/h1-13H. The highest BCUT2D eigenvalue weighted by atomic mass is 79.9. The van der Waals surface area contributed by atoms with Gasteiger partial charge in [0.05, 0.1) is 0 Å². The van der Waals surface area contributed by atoms with E-state index in [4.69, 9.17) is 0 Å². The van der Waals surface area contributed by atoms with Crippen molar-refractivity contribution in [1.29, 1.82) is 0 Å². The van der Waals surface area contributed by atoms with Crippen LogP contribution in [0.3, 0.4) is 0 Å². The molecule has 5 rings (SSSR count). The Morgan fingerprint density at radius 3 is 1.78 bits per heavy atom. The van der Waals surface area contributed by atoms with E-state index in [1.165, 1.54) is 43.1 Å². The molecule has 23 heavy (non-hydrogen) atoms. The van der Waals surface area contributed by atoms with Gasteiger partial charge >= 0.3 is 0 Å². The Morgan fingerprint density at radius 1 is 0.435 bits per heavy atom. The highest BCUT2D eigenvalue weighted by Crippen LogP contribution is 2.34. The van der Waals surface area contributed by atoms with E-state index in [0.29, 0.717) is 0 Å². The van der Waals surface area contributed by atoms with Gasteiger partial charge in [-0.15, -0.1) is 0 Å². The molecule has 108 valence electrons. The molecule has 0 bridgehead atoms. The van der Waals surface area contributed by atoms with Crippen LogP contribution >= 0.6 is 15.9 Å². The molecule has 0 aliphatic carbocycles. The van der Waals surface area contributed by atoms with Gasteiger partial charge in [-0.1, -0.05) is 64.5 Å². The fourth-order valence-electron chi connectivity index (χ4n) is 3.48. The Morgan fingerprint density at radius 2 is 1.00 bits per heavy atom. The summed E-state index contributed by atoms with van der Waals surface area (Å²) in [5.41, 5.74) is 0. The SMILES string of the molecule is Brc1cccc2cc3ccc4cc5ccccc5cc4c3cc12. The van der Waals surface area contributed by atoms with Crippen LogP contribution in [0.5, 0.6) is 0 Å². The molecule has 0 saturated carbocycles. The molecule has 0 nitrogen and oxygen atoms in total. The lowest BCUT2D eigenvalue weighted by molar-refractivity contribution is 1.74. The molecule has 0 heterocycles. The number of benzene rings is 5. The first kappa shape index (κ1) is 13.1. The van der Waals surface area contributed by atoms with Crippen LogP contribution in [0.15, 0.2) is 83.3 Å². The van der Waals surface area contributed by atoms with Gasteiger partial charge in [-0.05, 0) is 73.4 Å². The zero-order valence-corrected chi connectivity index (χ0v) is 14.0. The van der Waals surface area contributed by atoms with Crippen molar-refractivity contribution in [1.82, 2.24) is 0 Å². The first-order valence-corrected chi connectivity index (χ1v) is 8.52. The van der Waals surface area contributed by atoms with Crippen molar-refractivity contribution >= 4 is 59.0 Å². The number of rotatable bonds is 0. The van der Waals surface area contributed by atoms with Gasteiger partial charge in [0.2, 0.25) is 0 Å². The van der Waals surface area contributed by atoms with Gasteiger partial charge in [0.15, 0.2) is 0 Å². The van der Waals surface area contributed by atoms with Gasteiger partial charge in [-0.2, -0.15) is 0 Å². The van der Waals surface area contributed by atoms with Crippen LogP contribution < -0.4 is 0 Å². The normalized spacial score (nSPS) is 11.7. The summed E-state index contributed by atoms with van der Waals surface area (Å²) in [5, 5.41) is 10.3. The van der Waals surface area contributed by atoms with E-state index in [9.17, 15) is 0 Å². The average Bonchev–Trinajstić information content (AvgIpc) is 2.59. The minimum atomic E-state index is 1.15. The summed E-state index contributed by atoms with van der Waals surface area (Å²) >= 11 is 3.69. The first-order valence-electron chi connectivity index (χ1n) is 7.73. The van der Waals surface area contributed by atoms with Gasteiger partial charge in [-0.3, -0.25) is 0 Å². The van der Waals surface area contributed by atoms with Crippen LogP contribution in [0.4, 0.5) is 0 Å². The fraction of sp³-hybridized carbons (Fsp3) is 0. The zero-order valence-electron chi connectivity index (χ0n) is 12.4. The van der Waals surface area contributed by atoms with Crippen LogP contribution in [0.1, 0.15) is 0 Å². The van der Waals surface area contributed by atoms with Gasteiger partial charge in [0, 0.05) is 4.47 Å². The van der Waals surface area contributed by atoms with Crippen molar-refractivity contribution in [3.63, 3.8) is 0 Å². The summed E-state index contributed by atoms with van der Waals surface area (Å²) in [5.74, 6) is 0. The predicted molar refractivity (Wildman–Crippen MR) is 104 cm³/mol. The lowest BCUT2D eigenvalue weighted by Crippen LogP contribution is -1.82. The molecule has 0 aliphatic rings. The van der Waals surface area contributed by atoms with Crippen LogP contribution in [-0.2, 0) is 0 Å². The van der Waals surface area contributed by atoms with Gasteiger partial charge < -0.3 is 0 Å². The molecule has 0 amide bonds. The van der Waals surface area contributed by atoms with Crippen molar-refractivity contribution in [2.45, 2.75) is 0 Å². The second-order valence-electron chi connectivity index (χ2n) is 6.02. The number of fused-ring (bicyclic) bond motifs is 5. The maximum atomic E-state index is 3.69. The smallest absolute Gasteiger partial charge is 0.0253 e. The highest BCUT2D eigenvalue weighted by molar-refractivity contribution is 9.10. The van der Waals surface area contributed by atoms with E-state index in [1.54, 1.807) is 0 Å². The van der Waals surface area contributed by atoms with E-state index in [-0.39, 0.29) is 0 Å². The van der Waals surface area contributed by atoms with Crippen molar-refractivity contribution in [3.8, 4) is 0 Å². The molecule has 5 aromatic carbocycles. The van der Waals surface area contributed by atoms with Crippen molar-refractivity contribution in [2.75, 3.05) is 0 Å². The minimum Gasteiger partial charge on any atom is -0.0616 e. The minimum absolute atomic E-state index is 1.15. The third kappa shape index (κ3) is 1.97. The monoisotopic (exact) mass is 356 g/mol. The van der Waals surface area contributed by atoms with Crippen LogP contribution in [0.2, 0.25) is 0 Å². The van der Waals surface area contributed by atoms with Crippen molar-refractivity contribution in [3.05, 3.63) is 83.3 Å². The summed E-state index contributed by atoms with van der Waals surface area (Å²) in [6.45, 7) is 0. The molecule has 0 unspecified atom stereocenters. The second-order valence-corrected chi connectivity index (χ2v) is 6.87. The Kier molecular flexibility index (Phi) is 2.74. The largest absolute Gasteiger partial charge is 0.0616 e. The molecule has 0 aromatic heterocycles. The molecule has 0 saturated heterocycles. The maximum absolute atomic E-state index is 3.69. The van der Waals surface area contributed by atoms with Gasteiger partial charge in [0.1, 0.15) is 0 Å². The van der Waals surface area contributed by atoms with Crippen molar-refractivity contribution in [2.24, 2.45) is 0 Å². The third-order valence-corrected chi connectivity index (χ3v) is 5.34. The second kappa shape index (κ2) is 4.81. The summed E-state index contributed by atoms with van der Waals surface area (Å²) < 4.78 is 1.15. The molecule has 0 radical (unpaired) electrons. The molecule has 0 fully saturated rings. The van der Waals surface area contributed by atoms with Crippen LogP contribution in [0, 0.1) is 0 Å². The maximum Gasteiger partial charge on any atom is 0.0253 e. The number of halogens is 1. The van der Waals surface area contributed by atoms with E-state index in [1.807, 2.05) is 0 Å². The fourth-order valence-corrected chi connectivity index (χ4v) is 3.98. The molecular formula is C22H13Br. The Bertz CT molecular complexity index is 1220. The van der Waals surface area contributed by atoms with Crippen LogP contribution in [0.25, 0.3) is 43.1 Å². The van der Waals surface area contributed by atoms with E-state index < -0.39 is 0 Å². The van der Waals surface area contributed by atoms with E-state index in [0.717, 1.165) is 4.47 Å². The highest BCUT2D eigenvalue weighted by Gasteiger charge is 2.06. The molecule has 0 aliphatic heterocycles. The molecule has 0 atom stereocenters. The van der Waals surface area contributed by atoms with E-state index in [2.05, 4.69) is 94.8 Å². The summed E-state index contributed by atoms with van der Waals surface area (Å²) in [6.07, 6.45) is 0. The first-order chi connectivity index (χ1) is 11.3. The number of hydrogen-bond donors (Lipinski definition) is 0. The topological polar surface area (TPSA) is 0 Å². The lowest BCUT2D eigenvalue weighted by Gasteiger charge is -2.09. The quantitative estimate of drug-likeness (QED) is 0.206. The van der Waals surface area contributed by atoms with Gasteiger partial charge in [-0.25, -0.2) is 0 Å².